The minimum Gasteiger partial charge on any atom is -0.396 e. The predicted molar refractivity (Wildman–Crippen MR) is 88.0 cm³/mol. The Hall–Kier alpha value is -0.840. The van der Waals surface area contributed by atoms with Gasteiger partial charge in [0.25, 0.3) is 0 Å². The fourth-order valence-electron chi connectivity index (χ4n) is 2.96. The molecule has 1 atom stereocenters. The minimum atomic E-state index is -0.519. The highest BCUT2D eigenvalue weighted by Gasteiger charge is 2.37. The zero-order valence-electron chi connectivity index (χ0n) is 13.1. The number of piperidine rings is 1. The molecule has 1 fully saturated rings. The fraction of sp³-hybridized carbons (Fsp3) is 0.588. The Balaban J connectivity index is 2.14. The highest BCUT2D eigenvalue weighted by Crippen LogP contribution is 2.27. The molecule has 1 heterocycles. The maximum Gasteiger partial charge on any atom is 0.182 e. The lowest BCUT2D eigenvalue weighted by atomic mass is 9.87. The largest absolute Gasteiger partial charge is 0.396 e. The van der Waals surface area contributed by atoms with Crippen LogP contribution in [0.4, 0.5) is 0 Å². The molecule has 1 N–H and O–H groups in total. The van der Waals surface area contributed by atoms with Crippen LogP contribution >= 0.6 is 11.8 Å². The second kappa shape index (κ2) is 6.95. The Morgan fingerprint density at radius 1 is 1.38 bits per heavy atom. The fourth-order valence-corrected chi connectivity index (χ4v) is 3.37. The van der Waals surface area contributed by atoms with Crippen LogP contribution in [0.25, 0.3) is 0 Å². The van der Waals surface area contributed by atoms with E-state index in [0.717, 1.165) is 31.5 Å². The van der Waals surface area contributed by atoms with Gasteiger partial charge in [0, 0.05) is 23.6 Å². The molecule has 21 heavy (non-hydrogen) atoms. The molecule has 4 heteroatoms. The molecule has 1 aromatic carbocycles. The summed E-state index contributed by atoms with van der Waals surface area (Å²) in [7, 11) is 0. The molecule has 0 spiro atoms. The SMILES string of the molecule is CSc1ccc(C(=O)C(C)(C)N2CCCC(CO)C2)cc1. The zero-order valence-corrected chi connectivity index (χ0v) is 13.9. The molecule has 0 aliphatic carbocycles. The number of Topliss-reactive ketones (excluding diaryl/α,β-unsaturated/α-hetero) is 1. The number of nitrogens with zero attached hydrogens (tertiary/aromatic N) is 1. The number of thioether (sulfide) groups is 1. The van der Waals surface area contributed by atoms with Crippen molar-refractivity contribution in [3.8, 4) is 0 Å². The summed E-state index contributed by atoms with van der Waals surface area (Å²) in [6.45, 7) is 5.94. The van der Waals surface area contributed by atoms with E-state index in [1.165, 1.54) is 4.90 Å². The minimum absolute atomic E-state index is 0.161. The van der Waals surface area contributed by atoms with Gasteiger partial charge in [-0.15, -0.1) is 11.8 Å². The Labute approximate surface area is 131 Å². The topological polar surface area (TPSA) is 40.5 Å². The lowest BCUT2D eigenvalue weighted by Crippen LogP contribution is -2.54. The maximum absolute atomic E-state index is 12.8. The average molecular weight is 307 g/mol. The number of aliphatic hydroxyl groups is 1. The maximum atomic E-state index is 12.8. The van der Waals surface area contributed by atoms with Crippen molar-refractivity contribution in [2.24, 2.45) is 5.92 Å². The van der Waals surface area contributed by atoms with Crippen LogP contribution in [-0.2, 0) is 0 Å². The van der Waals surface area contributed by atoms with Gasteiger partial charge < -0.3 is 5.11 Å². The van der Waals surface area contributed by atoms with Crippen LogP contribution in [-0.4, -0.2) is 47.3 Å². The standard InChI is InChI=1S/C17H25NO2S/c1-17(2,18-10-4-5-13(11-18)12-19)16(20)14-6-8-15(21-3)9-7-14/h6-9,13,19H,4-5,10-12H2,1-3H3. The van der Waals surface area contributed by atoms with E-state index in [0.29, 0.717) is 5.92 Å². The van der Waals surface area contributed by atoms with Crippen molar-refractivity contribution in [1.29, 1.82) is 0 Å². The molecule has 1 saturated heterocycles. The lowest BCUT2D eigenvalue weighted by molar-refractivity contribution is 0.0382. The second-order valence-electron chi connectivity index (χ2n) is 6.25. The number of benzene rings is 1. The number of carbonyl (C=O) groups is 1. The van der Waals surface area contributed by atoms with Gasteiger partial charge in [-0.05, 0) is 57.5 Å². The summed E-state index contributed by atoms with van der Waals surface area (Å²) in [5.74, 6) is 0.457. The van der Waals surface area contributed by atoms with Crippen LogP contribution in [0.1, 0.15) is 37.0 Å². The Kier molecular flexibility index (Phi) is 5.47. The molecule has 0 radical (unpaired) electrons. The van der Waals surface area contributed by atoms with E-state index < -0.39 is 5.54 Å². The molecular weight excluding hydrogens is 282 g/mol. The van der Waals surface area contributed by atoms with Gasteiger partial charge in [0.05, 0.1) is 5.54 Å². The Morgan fingerprint density at radius 2 is 2.05 bits per heavy atom. The first-order valence-corrected chi connectivity index (χ1v) is 8.76. The third-order valence-corrected chi connectivity index (χ3v) is 5.22. The number of rotatable bonds is 5. The normalized spacial score (nSPS) is 20.5. The summed E-state index contributed by atoms with van der Waals surface area (Å²) in [5, 5.41) is 9.37. The van der Waals surface area contributed by atoms with Gasteiger partial charge in [-0.2, -0.15) is 0 Å². The molecule has 1 aliphatic heterocycles. The Bertz CT molecular complexity index is 484. The molecular formula is C17H25NO2S. The first-order valence-electron chi connectivity index (χ1n) is 7.53. The number of carbonyl (C=O) groups excluding carboxylic acids is 1. The number of likely N-dealkylation sites (tertiary alicyclic amines) is 1. The third-order valence-electron chi connectivity index (χ3n) is 4.48. The lowest BCUT2D eigenvalue weighted by Gasteiger charge is -2.42. The molecule has 0 saturated carbocycles. The van der Waals surface area contributed by atoms with Crippen molar-refractivity contribution >= 4 is 17.5 Å². The first kappa shape index (κ1) is 16.5. The highest BCUT2D eigenvalue weighted by atomic mass is 32.2. The van der Waals surface area contributed by atoms with E-state index in [9.17, 15) is 9.90 Å². The van der Waals surface area contributed by atoms with Crippen molar-refractivity contribution in [3.05, 3.63) is 29.8 Å². The van der Waals surface area contributed by atoms with Crippen LogP contribution in [0.15, 0.2) is 29.2 Å². The molecule has 0 bridgehead atoms. The third kappa shape index (κ3) is 3.68. The van der Waals surface area contributed by atoms with E-state index in [1.807, 2.05) is 44.4 Å². The second-order valence-corrected chi connectivity index (χ2v) is 7.13. The molecule has 2 rings (SSSR count). The van der Waals surface area contributed by atoms with E-state index in [1.54, 1.807) is 11.8 Å². The molecule has 0 amide bonds. The van der Waals surface area contributed by atoms with Crippen molar-refractivity contribution in [3.63, 3.8) is 0 Å². The highest BCUT2D eigenvalue weighted by molar-refractivity contribution is 7.98. The summed E-state index contributed by atoms with van der Waals surface area (Å²) < 4.78 is 0. The summed E-state index contributed by atoms with van der Waals surface area (Å²) in [4.78, 5) is 16.2. The van der Waals surface area contributed by atoms with Crippen molar-refractivity contribution in [1.82, 2.24) is 4.90 Å². The van der Waals surface area contributed by atoms with Crippen LogP contribution in [0.3, 0.4) is 0 Å². The van der Waals surface area contributed by atoms with Crippen molar-refractivity contribution in [2.45, 2.75) is 37.1 Å². The molecule has 0 aromatic heterocycles. The van der Waals surface area contributed by atoms with Crippen LogP contribution in [0.5, 0.6) is 0 Å². The van der Waals surface area contributed by atoms with Crippen molar-refractivity contribution in [2.75, 3.05) is 26.0 Å². The predicted octanol–water partition coefficient (Wildman–Crippen LogP) is 3.07. The van der Waals surface area contributed by atoms with Crippen LogP contribution in [0.2, 0.25) is 0 Å². The number of ketones is 1. The van der Waals surface area contributed by atoms with Gasteiger partial charge in [0.15, 0.2) is 5.78 Å². The van der Waals surface area contributed by atoms with E-state index in [2.05, 4.69) is 4.90 Å². The van der Waals surface area contributed by atoms with Gasteiger partial charge in [-0.25, -0.2) is 0 Å². The summed E-state index contributed by atoms with van der Waals surface area (Å²) >= 11 is 1.68. The zero-order chi connectivity index (χ0) is 15.5. The summed E-state index contributed by atoms with van der Waals surface area (Å²) in [6.07, 6.45) is 4.14. The molecule has 1 unspecified atom stereocenters. The molecule has 1 aliphatic rings. The molecule has 3 nitrogen and oxygen atoms in total. The van der Waals surface area contributed by atoms with E-state index in [-0.39, 0.29) is 12.4 Å². The molecule has 1 aromatic rings. The summed E-state index contributed by atoms with van der Waals surface area (Å²) in [5.41, 5.74) is 0.248. The first-order chi connectivity index (χ1) is 9.98. The quantitative estimate of drug-likeness (QED) is 0.670. The number of aliphatic hydroxyl groups excluding tert-OH is 1. The van der Waals surface area contributed by atoms with Gasteiger partial charge in [-0.1, -0.05) is 12.1 Å². The van der Waals surface area contributed by atoms with Gasteiger partial charge in [-0.3, -0.25) is 9.69 Å². The van der Waals surface area contributed by atoms with Gasteiger partial charge in [0.2, 0.25) is 0 Å². The Morgan fingerprint density at radius 3 is 2.62 bits per heavy atom. The smallest absolute Gasteiger partial charge is 0.182 e. The van der Waals surface area contributed by atoms with Gasteiger partial charge >= 0.3 is 0 Å². The summed E-state index contributed by atoms with van der Waals surface area (Å²) in [6, 6.07) is 7.84. The van der Waals surface area contributed by atoms with Crippen LogP contribution in [0, 0.1) is 5.92 Å². The molecule has 116 valence electrons. The van der Waals surface area contributed by atoms with E-state index in [4.69, 9.17) is 0 Å². The monoisotopic (exact) mass is 307 g/mol. The number of hydrogen-bond acceptors (Lipinski definition) is 4. The van der Waals surface area contributed by atoms with Crippen molar-refractivity contribution < 1.29 is 9.90 Å². The number of hydrogen-bond donors (Lipinski definition) is 1. The average Bonchev–Trinajstić information content (AvgIpc) is 2.54. The van der Waals surface area contributed by atoms with Crippen LogP contribution < -0.4 is 0 Å². The van der Waals surface area contributed by atoms with Gasteiger partial charge in [0.1, 0.15) is 0 Å². The van der Waals surface area contributed by atoms with E-state index >= 15 is 0 Å².